The lowest BCUT2D eigenvalue weighted by atomic mass is 10.0. The van der Waals surface area contributed by atoms with E-state index in [-0.39, 0.29) is 31.5 Å². The number of quaternary nitrogens is 1. The molecule has 2 aromatic rings. The summed E-state index contributed by atoms with van der Waals surface area (Å²) in [6.45, 7) is 3.19. The summed E-state index contributed by atoms with van der Waals surface area (Å²) in [6, 6.07) is 8.54. The first-order chi connectivity index (χ1) is 17.6. The lowest BCUT2D eigenvalue weighted by Gasteiger charge is -2.21. The van der Waals surface area contributed by atoms with E-state index in [1.54, 1.807) is 0 Å². The molecule has 1 aliphatic rings. The van der Waals surface area contributed by atoms with E-state index in [4.69, 9.17) is 14.2 Å². The Hall–Kier alpha value is -3.07. The van der Waals surface area contributed by atoms with Crippen LogP contribution >= 0.6 is 0 Å². The maximum atomic E-state index is 12.9. The smallest absolute Gasteiger partial charge is 0.331 e. The van der Waals surface area contributed by atoms with Crippen molar-refractivity contribution in [1.82, 2.24) is 14.9 Å². The molecule has 7 N–H and O–H groups in total. The number of aromatic amines is 1. The van der Waals surface area contributed by atoms with Gasteiger partial charge in [-0.2, -0.15) is 0 Å². The van der Waals surface area contributed by atoms with Crippen LogP contribution in [-0.2, 0) is 30.4 Å². The molecule has 1 amide bonds. The largest absolute Gasteiger partial charge is 1.00 e. The van der Waals surface area contributed by atoms with E-state index in [0.717, 1.165) is 22.4 Å². The first-order valence-corrected chi connectivity index (χ1v) is 11.8. The van der Waals surface area contributed by atoms with Crippen molar-refractivity contribution in [2.75, 3.05) is 13.2 Å². The molecule has 0 unspecified atom stereocenters. The first kappa shape index (κ1) is 31.1. The van der Waals surface area contributed by atoms with Gasteiger partial charge in [0.25, 0.3) is 11.5 Å². The number of nitrogens with one attached hydrogen (secondary N) is 2. The summed E-state index contributed by atoms with van der Waals surface area (Å²) in [4.78, 5) is 50.8. The molecule has 0 saturated carbocycles. The van der Waals surface area contributed by atoms with Gasteiger partial charge < -0.3 is 47.9 Å². The summed E-state index contributed by atoms with van der Waals surface area (Å²) < 4.78 is 17.4. The van der Waals surface area contributed by atoms with Gasteiger partial charge in [0.2, 0.25) is 0 Å². The van der Waals surface area contributed by atoms with Crippen LogP contribution in [0.3, 0.4) is 0 Å². The minimum absolute atomic E-state index is 0. The average Bonchev–Trinajstić information content (AvgIpc) is 3.15. The Morgan fingerprint density at radius 3 is 2.47 bits per heavy atom. The zero-order valence-corrected chi connectivity index (χ0v) is 21.7. The second kappa shape index (κ2) is 14.2. The SMILES string of the molecule is CC(C)[C@H]([NH3+])C(=O)N[C@@H](COCc1ccccc1)C(=O)OC[C@H]1O[C@@H](n2ccc(=O)[nH]c2=O)[C@H](O)[C@@H]1O.[Cl-]. The summed E-state index contributed by atoms with van der Waals surface area (Å²) in [5.41, 5.74) is 3.22. The van der Waals surface area contributed by atoms with Crippen LogP contribution in [-0.4, -0.2) is 75.2 Å². The molecular formula is C24H33ClN4O9. The minimum Gasteiger partial charge on any atom is -1.00 e. The number of aliphatic hydroxyl groups excluding tert-OH is 2. The number of hydrogen-bond donors (Lipinski definition) is 5. The number of halogens is 1. The van der Waals surface area contributed by atoms with E-state index in [1.165, 1.54) is 0 Å². The zero-order valence-electron chi connectivity index (χ0n) is 21.0. The second-order valence-electron chi connectivity index (χ2n) is 9.11. The Morgan fingerprint density at radius 2 is 1.84 bits per heavy atom. The zero-order chi connectivity index (χ0) is 27.1. The normalized spacial score (nSPS) is 22.4. The van der Waals surface area contributed by atoms with Crippen LogP contribution in [0.4, 0.5) is 0 Å². The van der Waals surface area contributed by atoms with E-state index >= 15 is 0 Å². The first-order valence-electron chi connectivity index (χ1n) is 11.8. The van der Waals surface area contributed by atoms with Gasteiger partial charge in [0.1, 0.15) is 24.9 Å². The third-order valence-electron chi connectivity index (χ3n) is 5.99. The quantitative estimate of drug-likeness (QED) is 0.168. The number of benzene rings is 1. The third kappa shape index (κ3) is 7.96. The number of carbonyl (C=O) groups is 2. The van der Waals surface area contributed by atoms with Gasteiger partial charge in [-0.25, -0.2) is 9.59 Å². The number of esters is 1. The average molecular weight is 557 g/mol. The molecule has 6 atom stereocenters. The molecular weight excluding hydrogens is 524 g/mol. The summed E-state index contributed by atoms with van der Waals surface area (Å²) in [6.07, 6.45) is -4.40. The van der Waals surface area contributed by atoms with Crippen molar-refractivity contribution in [2.45, 2.75) is 57.1 Å². The van der Waals surface area contributed by atoms with Gasteiger partial charge in [-0.3, -0.25) is 19.1 Å². The van der Waals surface area contributed by atoms with Crippen molar-refractivity contribution in [2.24, 2.45) is 5.92 Å². The maximum Gasteiger partial charge on any atom is 0.331 e. The summed E-state index contributed by atoms with van der Waals surface area (Å²) in [5, 5.41) is 23.3. The maximum absolute atomic E-state index is 12.9. The molecule has 13 nitrogen and oxygen atoms in total. The van der Waals surface area contributed by atoms with Crippen molar-refractivity contribution < 1.29 is 52.2 Å². The van der Waals surface area contributed by atoms with E-state index in [1.807, 2.05) is 49.2 Å². The highest BCUT2D eigenvalue weighted by Gasteiger charge is 2.45. The lowest BCUT2D eigenvalue weighted by molar-refractivity contribution is -0.414. The van der Waals surface area contributed by atoms with Crippen LogP contribution < -0.4 is 34.7 Å². The Balaban J connectivity index is 0.00000507. The van der Waals surface area contributed by atoms with Crippen LogP contribution in [0, 0.1) is 5.92 Å². The van der Waals surface area contributed by atoms with Crippen LogP contribution in [0.1, 0.15) is 25.6 Å². The molecule has 3 rings (SSSR count). The molecule has 1 fully saturated rings. The van der Waals surface area contributed by atoms with Gasteiger partial charge in [0.15, 0.2) is 18.3 Å². The fourth-order valence-corrected chi connectivity index (χ4v) is 3.61. The molecule has 0 spiro atoms. The topological polar surface area (TPSA) is 197 Å². The Labute approximate surface area is 224 Å². The van der Waals surface area contributed by atoms with Gasteiger partial charge in [0.05, 0.1) is 13.2 Å². The Kier molecular flexibility index (Phi) is 11.6. The van der Waals surface area contributed by atoms with Crippen molar-refractivity contribution >= 4 is 11.9 Å². The predicted octanol–water partition coefficient (Wildman–Crippen LogP) is -5.33. The molecule has 0 aliphatic carbocycles. The van der Waals surface area contributed by atoms with Gasteiger partial charge >= 0.3 is 11.7 Å². The molecule has 1 aromatic heterocycles. The summed E-state index contributed by atoms with van der Waals surface area (Å²) >= 11 is 0. The van der Waals surface area contributed by atoms with E-state index in [0.29, 0.717) is 0 Å². The number of ether oxygens (including phenoxy) is 3. The van der Waals surface area contributed by atoms with Crippen molar-refractivity contribution in [3.63, 3.8) is 0 Å². The Bertz CT molecular complexity index is 1170. The highest BCUT2D eigenvalue weighted by Crippen LogP contribution is 2.28. The standard InChI is InChI=1S/C24H32N4O9.ClH/c1-13(2)18(25)21(32)26-15(11-35-10-14-6-4-3-5-7-14)23(33)36-12-16-19(30)20(31)22(37-16)28-9-8-17(29)27-24(28)34;/h3-9,13,15-16,18-20,22,30-31H,10-12,25H2,1-2H3,(H,26,32)(H,27,29,34);1H/t15-,16+,18-,19+,20+,22+;/m0./s1. The number of aliphatic hydroxyl groups is 2. The number of hydrogen-bond acceptors (Lipinski definition) is 9. The fourth-order valence-electron chi connectivity index (χ4n) is 3.61. The highest BCUT2D eigenvalue weighted by atomic mass is 35.5. The van der Waals surface area contributed by atoms with Crippen LogP contribution in [0.2, 0.25) is 0 Å². The van der Waals surface area contributed by atoms with Crippen LogP contribution in [0.5, 0.6) is 0 Å². The summed E-state index contributed by atoms with van der Waals surface area (Å²) in [7, 11) is 0. The summed E-state index contributed by atoms with van der Waals surface area (Å²) in [5.74, 6) is -1.36. The minimum atomic E-state index is -1.53. The molecule has 2 heterocycles. The van der Waals surface area contributed by atoms with Gasteiger partial charge in [-0.05, 0) is 5.56 Å². The third-order valence-corrected chi connectivity index (χ3v) is 5.99. The van der Waals surface area contributed by atoms with Gasteiger partial charge in [-0.1, -0.05) is 44.2 Å². The van der Waals surface area contributed by atoms with Crippen LogP contribution in [0.25, 0.3) is 0 Å². The highest BCUT2D eigenvalue weighted by molar-refractivity contribution is 5.86. The molecule has 38 heavy (non-hydrogen) atoms. The molecule has 210 valence electrons. The van der Waals surface area contributed by atoms with E-state index in [2.05, 4.69) is 11.1 Å². The molecule has 0 radical (unpaired) electrons. The predicted molar refractivity (Wildman–Crippen MR) is 128 cm³/mol. The second-order valence-corrected chi connectivity index (χ2v) is 9.11. The molecule has 14 heteroatoms. The number of amides is 1. The van der Waals surface area contributed by atoms with E-state index < -0.39 is 66.4 Å². The number of rotatable bonds is 11. The van der Waals surface area contributed by atoms with Crippen LogP contribution in [0.15, 0.2) is 52.2 Å². The Morgan fingerprint density at radius 1 is 1.16 bits per heavy atom. The lowest BCUT2D eigenvalue weighted by Crippen LogP contribution is -3.00. The fraction of sp³-hybridized carbons (Fsp3) is 0.500. The van der Waals surface area contributed by atoms with E-state index in [9.17, 15) is 29.4 Å². The van der Waals surface area contributed by atoms with Gasteiger partial charge in [0, 0.05) is 18.2 Å². The number of H-pyrrole nitrogens is 1. The van der Waals surface area contributed by atoms with Crippen molar-refractivity contribution in [1.29, 1.82) is 0 Å². The number of carbonyl (C=O) groups excluding carboxylic acids is 2. The molecule has 1 aromatic carbocycles. The van der Waals surface area contributed by atoms with Gasteiger partial charge in [-0.15, -0.1) is 0 Å². The molecule has 0 bridgehead atoms. The monoisotopic (exact) mass is 556 g/mol. The van der Waals surface area contributed by atoms with Crippen molar-refractivity contribution in [3.8, 4) is 0 Å². The number of nitrogens with zero attached hydrogens (tertiary/aromatic N) is 1. The molecule has 1 saturated heterocycles. The van der Waals surface area contributed by atoms with Crippen molar-refractivity contribution in [3.05, 3.63) is 69.0 Å². The number of aromatic nitrogens is 2. The molecule has 1 aliphatic heterocycles.